The van der Waals surface area contributed by atoms with Crippen molar-refractivity contribution in [3.05, 3.63) is 70.3 Å². The van der Waals surface area contributed by atoms with Crippen molar-refractivity contribution in [1.29, 1.82) is 0 Å². The Bertz CT molecular complexity index is 733. The standard InChI is InChI=1S/C21H24O3/c1-5-23-21(22)12-15(2)7-6-8-17(4)19-13-18-11-16(3)9-10-20(18)24-14-19/h6-13H,5,14H2,1-4H3/b7-6+,15-12+,17-8+. The highest BCUT2D eigenvalue weighted by atomic mass is 16.5. The molecule has 0 unspecified atom stereocenters. The van der Waals surface area contributed by atoms with Crippen molar-refractivity contribution < 1.29 is 14.3 Å². The van der Waals surface area contributed by atoms with Gasteiger partial charge in [-0.15, -0.1) is 0 Å². The van der Waals surface area contributed by atoms with Gasteiger partial charge in [-0.1, -0.05) is 29.9 Å². The van der Waals surface area contributed by atoms with E-state index in [1.54, 1.807) is 6.92 Å². The van der Waals surface area contributed by atoms with Crippen molar-refractivity contribution in [2.45, 2.75) is 27.7 Å². The van der Waals surface area contributed by atoms with Gasteiger partial charge in [0.2, 0.25) is 0 Å². The molecule has 1 aromatic carbocycles. The summed E-state index contributed by atoms with van der Waals surface area (Å²) in [6, 6.07) is 6.20. The lowest BCUT2D eigenvalue weighted by Crippen LogP contribution is -2.08. The highest BCUT2D eigenvalue weighted by Crippen LogP contribution is 2.29. The van der Waals surface area contributed by atoms with Crippen molar-refractivity contribution in [3.8, 4) is 5.75 Å². The van der Waals surface area contributed by atoms with Crippen molar-refractivity contribution >= 4 is 12.0 Å². The Hall–Kier alpha value is -2.55. The maximum absolute atomic E-state index is 11.4. The summed E-state index contributed by atoms with van der Waals surface area (Å²) in [6.45, 7) is 8.77. The first-order valence-electron chi connectivity index (χ1n) is 8.14. The minimum absolute atomic E-state index is 0.310. The zero-order valence-electron chi connectivity index (χ0n) is 14.8. The Morgan fingerprint density at radius 3 is 2.88 bits per heavy atom. The number of hydrogen-bond donors (Lipinski definition) is 0. The Morgan fingerprint density at radius 1 is 1.33 bits per heavy atom. The number of benzene rings is 1. The second kappa shape index (κ2) is 8.34. The van der Waals surface area contributed by atoms with E-state index in [1.807, 2.05) is 31.2 Å². The molecule has 1 aliphatic heterocycles. The summed E-state index contributed by atoms with van der Waals surface area (Å²) >= 11 is 0. The number of allylic oxidation sites excluding steroid dienone is 4. The molecule has 0 N–H and O–H groups in total. The molecule has 24 heavy (non-hydrogen) atoms. The molecule has 1 aliphatic rings. The van der Waals surface area contributed by atoms with Gasteiger partial charge in [-0.2, -0.15) is 0 Å². The molecule has 0 saturated heterocycles. The maximum atomic E-state index is 11.4. The number of esters is 1. The first kappa shape index (κ1) is 17.8. The minimum atomic E-state index is -0.310. The molecule has 0 aliphatic carbocycles. The van der Waals surface area contributed by atoms with Crippen molar-refractivity contribution in [3.63, 3.8) is 0 Å². The van der Waals surface area contributed by atoms with Crippen LogP contribution in [0, 0.1) is 6.92 Å². The molecule has 2 rings (SSSR count). The van der Waals surface area contributed by atoms with E-state index in [-0.39, 0.29) is 5.97 Å². The third kappa shape index (κ3) is 4.98. The van der Waals surface area contributed by atoms with E-state index in [1.165, 1.54) is 11.6 Å². The summed E-state index contributed by atoms with van der Waals surface area (Å²) < 4.78 is 10.7. The van der Waals surface area contributed by atoms with Crippen LogP contribution in [0.3, 0.4) is 0 Å². The van der Waals surface area contributed by atoms with Gasteiger partial charge in [0.05, 0.1) is 6.61 Å². The van der Waals surface area contributed by atoms with Crippen LogP contribution in [0.5, 0.6) is 5.75 Å². The molecular formula is C21H24O3. The van der Waals surface area contributed by atoms with Gasteiger partial charge < -0.3 is 9.47 Å². The molecule has 0 spiro atoms. The van der Waals surface area contributed by atoms with E-state index in [9.17, 15) is 4.79 Å². The number of hydrogen-bond acceptors (Lipinski definition) is 3. The summed E-state index contributed by atoms with van der Waals surface area (Å²) in [4.78, 5) is 11.4. The molecule has 0 amide bonds. The Morgan fingerprint density at radius 2 is 2.12 bits per heavy atom. The second-order valence-corrected chi connectivity index (χ2v) is 5.85. The number of ether oxygens (including phenoxy) is 2. The highest BCUT2D eigenvalue weighted by Gasteiger charge is 2.12. The summed E-state index contributed by atoms with van der Waals surface area (Å²) in [5.41, 5.74) is 5.49. The van der Waals surface area contributed by atoms with Crippen LogP contribution in [0.2, 0.25) is 0 Å². The summed E-state index contributed by atoms with van der Waals surface area (Å²) in [6.07, 6.45) is 9.52. The highest BCUT2D eigenvalue weighted by molar-refractivity contribution is 5.83. The van der Waals surface area contributed by atoms with Gasteiger partial charge in [0, 0.05) is 11.6 Å². The predicted octanol–water partition coefficient (Wildman–Crippen LogP) is 4.78. The Balaban J connectivity index is 2.09. The van der Waals surface area contributed by atoms with Gasteiger partial charge in [-0.25, -0.2) is 4.79 Å². The molecular weight excluding hydrogens is 300 g/mol. The van der Waals surface area contributed by atoms with E-state index in [2.05, 4.69) is 32.1 Å². The molecule has 0 aromatic heterocycles. The molecule has 0 atom stereocenters. The topological polar surface area (TPSA) is 35.5 Å². The van der Waals surface area contributed by atoms with Gasteiger partial charge in [-0.05, 0) is 62.6 Å². The lowest BCUT2D eigenvalue weighted by molar-refractivity contribution is -0.137. The predicted molar refractivity (Wildman–Crippen MR) is 97.9 cm³/mol. The van der Waals surface area contributed by atoms with Crippen LogP contribution < -0.4 is 4.74 Å². The molecule has 0 bridgehead atoms. The third-order valence-corrected chi connectivity index (χ3v) is 3.72. The van der Waals surface area contributed by atoms with Gasteiger partial charge in [0.1, 0.15) is 12.4 Å². The number of rotatable bonds is 5. The fourth-order valence-corrected chi connectivity index (χ4v) is 2.39. The molecule has 1 aromatic rings. The van der Waals surface area contributed by atoms with Crippen molar-refractivity contribution in [2.75, 3.05) is 13.2 Å². The smallest absolute Gasteiger partial charge is 0.330 e. The molecule has 0 saturated carbocycles. The monoisotopic (exact) mass is 324 g/mol. The Labute approximate surface area is 144 Å². The van der Waals surface area contributed by atoms with Crippen LogP contribution in [-0.2, 0) is 9.53 Å². The van der Waals surface area contributed by atoms with Crippen LogP contribution in [0.15, 0.2) is 59.2 Å². The molecule has 0 fully saturated rings. The fourth-order valence-electron chi connectivity index (χ4n) is 2.39. The van der Waals surface area contributed by atoms with Gasteiger partial charge in [-0.3, -0.25) is 0 Å². The molecule has 3 nitrogen and oxygen atoms in total. The molecule has 3 heteroatoms. The zero-order valence-corrected chi connectivity index (χ0v) is 14.8. The lowest BCUT2D eigenvalue weighted by atomic mass is 10.0. The van der Waals surface area contributed by atoms with E-state index >= 15 is 0 Å². The summed E-state index contributed by atoms with van der Waals surface area (Å²) in [5.74, 6) is 0.622. The minimum Gasteiger partial charge on any atom is -0.488 e. The van der Waals surface area contributed by atoms with Crippen molar-refractivity contribution in [1.82, 2.24) is 0 Å². The number of aryl methyl sites for hydroxylation is 1. The van der Waals surface area contributed by atoms with Crippen LogP contribution >= 0.6 is 0 Å². The van der Waals surface area contributed by atoms with Crippen LogP contribution in [0.4, 0.5) is 0 Å². The molecule has 126 valence electrons. The number of fused-ring (bicyclic) bond motifs is 1. The van der Waals surface area contributed by atoms with Gasteiger partial charge in [0.15, 0.2) is 0 Å². The SMILES string of the molecule is CCOC(=O)/C=C(C)/C=C/C=C(\C)C1=Cc2cc(C)ccc2OC1. The quantitative estimate of drug-likeness (QED) is 0.444. The number of carbonyl (C=O) groups excluding carboxylic acids is 1. The summed E-state index contributed by atoms with van der Waals surface area (Å²) in [5, 5.41) is 0. The largest absolute Gasteiger partial charge is 0.488 e. The van der Waals surface area contributed by atoms with Crippen LogP contribution in [0.1, 0.15) is 31.9 Å². The van der Waals surface area contributed by atoms with E-state index in [4.69, 9.17) is 9.47 Å². The zero-order chi connectivity index (χ0) is 17.5. The molecule has 0 radical (unpaired) electrons. The summed E-state index contributed by atoms with van der Waals surface area (Å²) in [7, 11) is 0. The number of carbonyl (C=O) groups is 1. The third-order valence-electron chi connectivity index (χ3n) is 3.72. The van der Waals surface area contributed by atoms with Crippen LogP contribution in [-0.4, -0.2) is 19.2 Å². The first-order chi connectivity index (χ1) is 11.5. The average molecular weight is 324 g/mol. The first-order valence-corrected chi connectivity index (χ1v) is 8.14. The van der Waals surface area contributed by atoms with E-state index < -0.39 is 0 Å². The fraction of sp³-hybridized carbons (Fsp3) is 0.286. The average Bonchev–Trinajstić information content (AvgIpc) is 2.54. The van der Waals surface area contributed by atoms with Crippen LogP contribution in [0.25, 0.3) is 6.08 Å². The molecule has 1 heterocycles. The lowest BCUT2D eigenvalue weighted by Gasteiger charge is -2.18. The van der Waals surface area contributed by atoms with E-state index in [0.29, 0.717) is 13.2 Å². The Kier molecular flexibility index (Phi) is 6.19. The maximum Gasteiger partial charge on any atom is 0.330 e. The van der Waals surface area contributed by atoms with Gasteiger partial charge in [0.25, 0.3) is 0 Å². The van der Waals surface area contributed by atoms with Crippen molar-refractivity contribution in [2.24, 2.45) is 0 Å². The van der Waals surface area contributed by atoms with E-state index in [0.717, 1.165) is 28.0 Å². The van der Waals surface area contributed by atoms with Gasteiger partial charge >= 0.3 is 5.97 Å². The normalized spacial score (nSPS) is 14.9. The second-order valence-electron chi connectivity index (χ2n) is 5.85.